The van der Waals surface area contributed by atoms with Crippen molar-refractivity contribution in [1.29, 1.82) is 0 Å². The number of esters is 1. The number of ether oxygens (including phenoxy) is 1. The van der Waals surface area contributed by atoms with Crippen molar-refractivity contribution in [3.8, 4) is 0 Å². The number of hydrogen-bond donors (Lipinski definition) is 1. The molecular formula is C33H32N4O2. The Balaban J connectivity index is 1.66. The number of pyridine rings is 2. The van der Waals surface area contributed by atoms with E-state index in [-0.39, 0.29) is 12.0 Å². The minimum absolute atomic E-state index is 0.126. The molecule has 39 heavy (non-hydrogen) atoms. The molecule has 0 unspecified atom stereocenters. The third-order valence-electron chi connectivity index (χ3n) is 6.61. The summed E-state index contributed by atoms with van der Waals surface area (Å²) < 4.78 is 5.50. The fourth-order valence-electron chi connectivity index (χ4n) is 4.74. The van der Waals surface area contributed by atoms with Gasteiger partial charge in [-0.15, -0.1) is 0 Å². The van der Waals surface area contributed by atoms with E-state index >= 15 is 0 Å². The van der Waals surface area contributed by atoms with E-state index in [1.807, 2.05) is 104 Å². The Morgan fingerprint density at radius 1 is 1.03 bits per heavy atom. The van der Waals surface area contributed by atoms with Gasteiger partial charge < -0.3 is 10.1 Å². The molecule has 1 aliphatic carbocycles. The molecule has 1 atom stereocenters. The summed E-state index contributed by atoms with van der Waals surface area (Å²) in [6, 6.07) is 24.2. The molecular weight excluding hydrogens is 484 g/mol. The van der Waals surface area contributed by atoms with Gasteiger partial charge in [0.1, 0.15) is 11.2 Å². The lowest BCUT2D eigenvalue weighted by molar-refractivity contribution is -0.148. The van der Waals surface area contributed by atoms with E-state index in [0.29, 0.717) is 30.4 Å². The van der Waals surface area contributed by atoms with Crippen molar-refractivity contribution in [2.45, 2.75) is 38.6 Å². The Labute approximate surface area is 229 Å². The van der Waals surface area contributed by atoms with Gasteiger partial charge in [-0.3, -0.25) is 4.79 Å². The first-order valence-electron chi connectivity index (χ1n) is 13.3. The summed E-state index contributed by atoms with van der Waals surface area (Å²) in [6.07, 6.45) is 9.97. The van der Waals surface area contributed by atoms with E-state index in [0.717, 1.165) is 27.6 Å². The van der Waals surface area contributed by atoms with Gasteiger partial charge in [-0.1, -0.05) is 85.0 Å². The highest BCUT2D eigenvalue weighted by molar-refractivity contribution is 6.14. The maximum absolute atomic E-state index is 13.2. The number of carbonyl (C=O) groups excluding carboxylic acids is 1. The zero-order valence-corrected chi connectivity index (χ0v) is 22.5. The van der Waals surface area contributed by atoms with Crippen LogP contribution in [0.5, 0.6) is 0 Å². The third-order valence-corrected chi connectivity index (χ3v) is 6.61. The maximum Gasteiger partial charge on any atom is 0.322 e. The molecule has 4 aromatic rings. The monoisotopic (exact) mass is 516 g/mol. The molecule has 2 heterocycles. The highest BCUT2D eigenvalue weighted by atomic mass is 16.5. The summed E-state index contributed by atoms with van der Waals surface area (Å²) in [7, 11) is 0. The van der Waals surface area contributed by atoms with Crippen LogP contribution in [0.3, 0.4) is 0 Å². The Morgan fingerprint density at radius 3 is 2.31 bits per heavy atom. The number of benzene rings is 2. The van der Waals surface area contributed by atoms with Crippen LogP contribution in [0, 0.1) is 0 Å². The Morgan fingerprint density at radius 2 is 1.72 bits per heavy atom. The average molecular weight is 517 g/mol. The first-order valence-corrected chi connectivity index (χ1v) is 13.3. The molecule has 0 saturated carbocycles. The van der Waals surface area contributed by atoms with Crippen molar-refractivity contribution >= 4 is 34.1 Å². The van der Waals surface area contributed by atoms with Crippen molar-refractivity contribution in [1.82, 2.24) is 9.97 Å². The second-order valence-electron chi connectivity index (χ2n) is 9.79. The molecule has 1 N–H and O–H groups in total. The van der Waals surface area contributed by atoms with Gasteiger partial charge in [0.05, 0.1) is 18.0 Å². The lowest BCUT2D eigenvalue weighted by atomic mass is 9.78. The zero-order valence-electron chi connectivity index (χ0n) is 22.5. The van der Waals surface area contributed by atoms with E-state index in [9.17, 15) is 4.79 Å². The highest BCUT2D eigenvalue weighted by Crippen LogP contribution is 2.37. The van der Waals surface area contributed by atoms with Crippen LogP contribution in [0.1, 0.15) is 44.0 Å². The molecule has 0 spiro atoms. The van der Waals surface area contributed by atoms with Crippen molar-refractivity contribution in [3.05, 3.63) is 120 Å². The largest absolute Gasteiger partial charge is 0.465 e. The van der Waals surface area contributed by atoms with Crippen LogP contribution in [0.4, 0.5) is 11.6 Å². The van der Waals surface area contributed by atoms with E-state index in [4.69, 9.17) is 19.7 Å². The molecule has 0 saturated heterocycles. The SMILES string of the molecule is CCOC(=O)[C@@]1(c2cc3cnc(N=C(c4ccccc4)c4ccccc4)cc3c(NC(C)C)n2)C=CC=CC1. The minimum atomic E-state index is -0.989. The number of anilines is 1. The van der Waals surface area contributed by atoms with Crippen molar-refractivity contribution in [2.75, 3.05) is 11.9 Å². The summed E-state index contributed by atoms with van der Waals surface area (Å²) in [5.74, 6) is 0.952. The Bertz CT molecular complexity index is 1520. The normalized spacial score (nSPS) is 16.3. The molecule has 0 amide bonds. The number of allylic oxidation sites excluding steroid dienone is 3. The summed E-state index contributed by atoms with van der Waals surface area (Å²) >= 11 is 0. The third kappa shape index (κ3) is 5.50. The molecule has 5 rings (SSSR count). The van der Waals surface area contributed by atoms with Gasteiger partial charge in [0.2, 0.25) is 0 Å². The fraction of sp³-hybridized carbons (Fsp3) is 0.212. The lowest BCUT2D eigenvalue weighted by Gasteiger charge is -2.29. The molecule has 2 aromatic carbocycles. The fourth-order valence-corrected chi connectivity index (χ4v) is 4.74. The maximum atomic E-state index is 13.2. The summed E-state index contributed by atoms with van der Waals surface area (Å²) in [5.41, 5.74) is 2.49. The first-order chi connectivity index (χ1) is 19.0. The average Bonchev–Trinajstić information content (AvgIpc) is 2.97. The number of fused-ring (bicyclic) bond motifs is 1. The van der Waals surface area contributed by atoms with Gasteiger partial charge >= 0.3 is 5.97 Å². The van der Waals surface area contributed by atoms with Crippen LogP contribution in [0.15, 0.2) is 108 Å². The first kappa shape index (κ1) is 26.0. The molecule has 196 valence electrons. The van der Waals surface area contributed by atoms with Gasteiger partial charge in [-0.2, -0.15) is 0 Å². The molecule has 0 fully saturated rings. The summed E-state index contributed by atoms with van der Waals surface area (Å²) in [6.45, 7) is 6.25. The number of aromatic nitrogens is 2. The molecule has 1 aliphatic rings. The number of rotatable bonds is 8. The van der Waals surface area contributed by atoms with Crippen LogP contribution in [0.2, 0.25) is 0 Å². The van der Waals surface area contributed by atoms with E-state index in [1.165, 1.54) is 0 Å². The quantitative estimate of drug-likeness (QED) is 0.203. The molecule has 0 radical (unpaired) electrons. The summed E-state index contributed by atoms with van der Waals surface area (Å²) in [5, 5.41) is 5.23. The van der Waals surface area contributed by atoms with Gasteiger partial charge in [-0.05, 0) is 39.3 Å². The molecule has 0 aliphatic heterocycles. The lowest BCUT2D eigenvalue weighted by Crippen LogP contribution is -2.37. The topological polar surface area (TPSA) is 76.5 Å². The van der Waals surface area contributed by atoms with E-state index < -0.39 is 5.41 Å². The molecule has 6 heteroatoms. The van der Waals surface area contributed by atoms with Gasteiger partial charge in [0.25, 0.3) is 0 Å². The number of carbonyl (C=O) groups is 1. The number of nitrogens with one attached hydrogen (secondary N) is 1. The minimum Gasteiger partial charge on any atom is -0.465 e. The van der Waals surface area contributed by atoms with Gasteiger partial charge in [0.15, 0.2) is 5.82 Å². The molecule has 0 bridgehead atoms. The predicted molar refractivity (Wildman–Crippen MR) is 158 cm³/mol. The second kappa shape index (κ2) is 11.4. The van der Waals surface area contributed by atoms with Crippen molar-refractivity contribution in [2.24, 2.45) is 4.99 Å². The standard InChI is InChI=1S/C33H32N4O2/c1-4-39-32(38)33(18-12-7-13-19-33)28-20-26-22-34-29(21-27(26)31(36-28)35-23(2)3)37-30(24-14-8-5-9-15-24)25-16-10-6-11-17-25/h5-18,20-23H,4,19H2,1-3H3,(H,35,36)/t33-/m0/s1. The van der Waals surface area contributed by atoms with Crippen LogP contribution in [0.25, 0.3) is 10.8 Å². The van der Waals surface area contributed by atoms with Gasteiger partial charge in [0, 0.05) is 34.1 Å². The van der Waals surface area contributed by atoms with Crippen LogP contribution >= 0.6 is 0 Å². The Kier molecular flexibility index (Phi) is 7.64. The van der Waals surface area contributed by atoms with E-state index in [2.05, 4.69) is 19.2 Å². The smallest absolute Gasteiger partial charge is 0.322 e. The van der Waals surface area contributed by atoms with Crippen LogP contribution in [-0.4, -0.2) is 34.3 Å². The molecule has 6 nitrogen and oxygen atoms in total. The predicted octanol–water partition coefficient (Wildman–Crippen LogP) is 6.94. The van der Waals surface area contributed by atoms with Crippen LogP contribution < -0.4 is 5.32 Å². The van der Waals surface area contributed by atoms with Crippen molar-refractivity contribution < 1.29 is 9.53 Å². The Hall–Kier alpha value is -4.58. The van der Waals surface area contributed by atoms with E-state index in [1.54, 1.807) is 6.20 Å². The number of hydrogen-bond acceptors (Lipinski definition) is 6. The number of aliphatic imine (C=N–C) groups is 1. The zero-order chi connectivity index (χ0) is 27.2. The van der Waals surface area contributed by atoms with Crippen molar-refractivity contribution in [3.63, 3.8) is 0 Å². The summed E-state index contributed by atoms with van der Waals surface area (Å²) in [4.78, 5) is 28.0. The second-order valence-corrected chi connectivity index (χ2v) is 9.79. The highest BCUT2D eigenvalue weighted by Gasteiger charge is 2.41. The van der Waals surface area contributed by atoms with Crippen LogP contribution in [-0.2, 0) is 14.9 Å². The number of nitrogens with zero attached hydrogens (tertiary/aromatic N) is 3. The molecule has 2 aromatic heterocycles. The van der Waals surface area contributed by atoms with Gasteiger partial charge in [-0.25, -0.2) is 15.0 Å².